The monoisotopic (exact) mass is 488 g/mol. The van der Waals surface area contributed by atoms with Crippen molar-refractivity contribution >= 4 is 22.8 Å². The Labute approximate surface area is 216 Å². The van der Waals surface area contributed by atoms with Crippen LogP contribution in [0.25, 0.3) is 22.0 Å². The van der Waals surface area contributed by atoms with Gasteiger partial charge >= 0.3 is 6.09 Å². The Morgan fingerprint density at radius 2 is 1.49 bits per heavy atom. The zero-order valence-electron chi connectivity index (χ0n) is 20.5. The van der Waals surface area contributed by atoms with Crippen molar-refractivity contribution in [3.05, 3.63) is 102 Å². The Morgan fingerprint density at radius 1 is 0.811 bits per heavy atom. The third-order valence-corrected chi connectivity index (χ3v) is 8.56. The summed E-state index contributed by atoms with van der Waals surface area (Å²) in [5.74, 6) is 0.136. The molecule has 5 heteroatoms. The smallest absolute Gasteiger partial charge is 0.410 e. The van der Waals surface area contributed by atoms with Crippen LogP contribution in [0.15, 0.2) is 85.1 Å². The average molecular weight is 489 g/mol. The van der Waals surface area contributed by atoms with Crippen molar-refractivity contribution in [2.45, 2.75) is 43.7 Å². The highest BCUT2D eigenvalue weighted by Crippen LogP contribution is 2.45. The number of hydrogen-bond acceptors (Lipinski definition) is 4. The molecule has 2 saturated heterocycles. The zero-order valence-corrected chi connectivity index (χ0v) is 20.5. The molecule has 3 heterocycles. The van der Waals surface area contributed by atoms with Crippen molar-refractivity contribution in [3.8, 4) is 11.1 Å². The van der Waals surface area contributed by atoms with Gasteiger partial charge in [-0.1, -0.05) is 66.7 Å². The first-order valence-electron chi connectivity index (χ1n) is 13.2. The van der Waals surface area contributed by atoms with E-state index in [9.17, 15) is 9.59 Å². The number of fused-ring (bicyclic) bond motifs is 6. The van der Waals surface area contributed by atoms with E-state index < -0.39 is 0 Å². The van der Waals surface area contributed by atoms with E-state index in [0.717, 1.165) is 29.3 Å². The largest absolute Gasteiger partial charge is 0.448 e. The summed E-state index contributed by atoms with van der Waals surface area (Å²) in [6, 6.07) is 26.5. The predicted molar refractivity (Wildman–Crippen MR) is 143 cm³/mol. The van der Waals surface area contributed by atoms with Crippen LogP contribution < -0.4 is 0 Å². The third-order valence-electron chi connectivity index (χ3n) is 8.56. The molecule has 3 aromatic carbocycles. The van der Waals surface area contributed by atoms with Gasteiger partial charge in [-0.2, -0.15) is 0 Å². The van der Waals surface area contributed by atoms with Crippen LogP contribution in [0.4, 0.5) is 4.79 Å². The molecule has 0 N–H and O–H groups in total. The van der Waals surface area contributed by atoms with Gasteiger partial charge in [-0.15, -0.1) is 0 Å². The molecule has 2 unspecified atom stereocenters. The minimum Gasteiger partial charge on any atom is -0.448 e. The lowest BCUT2D eigenvalue weighted by Crippen LogP contribution is -2.48. The van der Waals surface area contributed by atoms with Crippen LogP contribution >= 0.6 is 0 Å². The quantitative estimate of drug-likeness (QED) is 0.303. The van der Waals surface area contributed by atoms with Crippen molar-refractivity contribution in [2.24, 2.45) is 5.92 Å². The van der Waals surface area contributed by atoms with Gasteiger partial charge in [0.15, 0.2) is 5.78 Å². The minimum atomic E-state index is -0.241. The highest BCUT2D eigenvalue weighted by molar-refractivity contribution is 6.08. The summed E-state index contributed by atoms with van der Waals surface area (Å²) in [5.41, 5.74) is 6.46. The summed E-state index contributed by atoms with van der Waals surface area (Å²) in [4.78, 5) is 33.3. The number of rotatable bonds is 4. The molecule has 3 aliphatic rings. The van der Waals surface area contributed by atoms with Crippen molar-refractivity contribution in [1.29, 1.82) is 0 Å². The van der Waals surface area contributed by atoms with Gasteiger partial charge in [-0.05, 0) is 60.1 Å². The summed E-state index contributed by atoms with van der Waals surface area (Å²) in [6.45, 7) is 0.328. The lowest BCUT2D eigenvalue weighted by molar-refractivity contribution is 0.0506. The number of ketones is 1. The van der Waals surface area contributed by atoms with E-state index in [2.05, 4.69) is 41.4 Å². The van der Waals surface area contributed by atoms with Crippen molar-refractivity contribution in [1.82, 2.24) is 9.88 Å². The lowest BCUT2D eigenvalue weighted by Gasteiger charge is -2.38. The zero-order chi connectivity index (χ0) is 24.9. The van der Waals surface area contributed by atoms with Gasteiger partial charge in [0, 0.05) is 41.1 Å². The fourth-order valence-electron chi connectivity index (χ4n) is 6.90. The van der Waals surface area contributed by atoms with E-state index in [1.807, 2.05) is 47.4 Å². The van der Waals surface area contributed by atoms with Crippen molar-refractivity contribution in [2.75, 3.05) is 6.61 Å². The number of pyridine rings is 1. The molecule has 2 atom stereocenters. The summed E-state index contributed by atoms with van der Waals surface area (Å²) in [6.07, 6.45) is 4.75. The van der Waals surface area contributed by atoms with Crippen LogP contribution in [-0.4, -0.2) is 40.5 Å². The fourth-order valence-corrected chi connectivity index (χ4v) is 6.90. The van der Waals surface area contributed by atoms with Gasteiger partial charge < -0.3 is 9.64 Å². The maximum Gasteiger partial charge on any atom is 0.410 e. The molecule has 1 aromatic heterocycles. The summed E-state index contributed by atoms with van der Waals surface area (Å²) >= 11 is 0. The predicted octanol–water partition coefficient (Wildman–Crippen LogP) is 6.61. The van der Waals surface area contributed by atoms with Crippen LogP contribution in [0.1, 0.15) is 53.1 Å². The number of amides is 1. The van der Waals surface area contributed by atoms with Crippen LogP contribution in [0.3, 0.4) is 0 Å². The van der Waals surface area contributed by atoms with Crippen LogP contribution in [-0.2, 0) is 4.74 Å². The summed E-state index contributed by atoms with van der Waals surface area (Å²) < 4.78 is 5.99. The van der Waals surface area contributed by atoms with Gasteiger partial charge in [-0.25, -0.2) is 4.79 Å². The standard InChI is InChI=1S/C32H28N2O3/c35-31(28-11-5-13-30-27(28)12-6-16-33-30)20-17-21-14-15-22(18-20)34(21)32(36)37-19-29-25-9-3-1-7-23(25)24-8-2-4-10-26(24)29/h1-13,16,20-22,29H,14-15,17-19H2. The molecule has 7 rings (SSSR count). The number of Topliss-reactive ketones (excluding diaryl/α,β-unsaturated/α-hetero) is 1. The van der Waals surface area contributed by atoms with Gasteiger partial charge in [0.05, 0.1) is 5.52 Å². The molecule has 5 nitrogen and oxygen atoms in total. The number of piperidine rings is 1. The second-order valence-corrected chi connectivity index (χ2v) is 10.5. The number of benzene rings is 3. The van der Waals surface area contributed by atoms with Crippen LogP contribution in [0, 0.1) is 5.92 Å². The molecule has 0 radical (unpaired) electrons. The molecule has 0 spiro atoms. The first-order valence-corrected chi connectivity index (χ1v) is 13.2. The first kappa shape index (κ1) is 22.2. The Morgan fingerprint density at radius 3 is 2.19 bits per heavy atom. The minimum absolute atomic E-state index is 0.0492. The molecular weight excluding hydrogens is 460 g/mol. The number of hydrogen-bond donors (Lipinski definition) is 0. The number of carbonyl (C=O) groups excluding carboxylic acids is 2. The Kier molecular flexibility index (Phi) is 5.31. The van der Waals surface area contributed by atoms with E-state index in [1.165, 1.54) is 22.3 Å². The maximum absolute atomic E-state index is 13.6. The van der Waals surface area contributed by atoms with Gasteiger partial charge in [0.2, 0.25) is 0 Å². The number of aromatic nitrogens is 1. The SMILES string of the molecule is O=C(c1cccc2ncccc12)C1CC2CCC(C1)N2C(=O)OCC1c2ccccc2-c2ccccc21. The van der Waals surface area contributed by atoms with Crippen LogP contribution in [0.5, 0.6) is 0 Å². The number of carbonyl (C=O) groups is 2. The summed E-state index contributed by atoms with van der Waals surface area (Å²) in [5, 5.41) is 0.904. The lowest BCUT2D eigenvalue weighted by atomic mass is 9.84. The highest BCUT2D eigenvalue weighted by Gasteiger charge is 2.46. The third kappa shape index (κ3) is 3.64. The maximum atomic E-state index is 13.6. The topological polar surface area (TPSA) is 59.5 Å². The number of ether oxygens (including phenoxy) is 1. The van der Waals surface area contributed by atoms with E-state index >= 15 is 0 Å². The van der Waals surface area contributed by atoms with Gasteiger partial charge in [-0.3, -0.25) is 9.78 Å². The Balaban J connectivity index is 1.06. The number of nitrogens with zero attached hydrogens (tertiary/aromatic N) is 2. The van der Waals surface area contributed by atoms with E-state index in [1.54, 1.807) is 6.20 Å². The highest BCUT2D eigenvalue weighted by atomic mass is 16.6. The van der Waals surface area contributed by atoms with E-state index in [4.69, 9.17) is 4.74 Å². The van der Waals surface area contributed by atoms with Crippen molar-refractivity contribution < 1.29 is 14.3 Å². The first-order chi connectivity index (χ1) is 18.2. The molecule has 4 aromatic rings. The van der Waals surface area contributed by atoms with Gasteiger partial charge in [0.1, 0.15) is 6.61 Å². The Hall–Kier alpha value is -3.99. The van der Waals surface area contributed by atoms with Gasteiger partial charge in [0.25, 0.3) is 0 Å². The molecular formula is C32H28N2O3. The average Bonchev–Trinajstić information content (AvgIpc) is 3.41. The molecule has 37 heavy (non-hydrogen) atoms. The van der Waals surface area contributed by atoms with E-state index in [0.29, 0.717) is 19.4 Å². The van der Waals surface area contributed by atoms with Crippen LogP contribution in [0.2, 0.25) is 0 Å². The summed E-state index contributed by atoms with van der Waals surface area (Å²) in [7, 11) is 0. The molecule has 1 aliphatic carbocycles. The molecule has 1 amide bonds. The molecule has 184 valence electrons. The second kappa shape index (κ2) is 8.84. The normalized spacial score (nSPS) is 22.1. The second-order valence-electron chi connectivity index (χ2n) is 10.5. The fraction of sp³-hybridized carbons (Fsp3) is 0.281. The molecule has 2 bridgehead atoms. The van der Waals surface area contributed by atoms with Crippen molar-refractivity contribution in [3.63, 3.8) is 0 Å². The molecule has 2 fully saturated rings. The molecule has 2 aliphatic heterocycles. The van der Waals surface area contributed by atoms with E-state index in [-0.39, 0.29) is 35.8 Å². The Bertz CT molecular complexity index is 1460. The molecule has 0 saturated carbocycles.